The summed E-state index contributed by atoms with van der Waals surface area (Å²) in [7, 11) is 2.02. The molecule has 0 aromatic heterocycles. The van der Waals surface area contributed by atoms with Crippen molar-refractivity contribution in [1.82, 2.24) is 4.90 Å². The number of nitrogen functional groups attached to an aromatic ring is 1. The van der Waals surface area contributed by atoms with E-state index in [-0.39, 0.29) is 11.4 Å². The molecule has 0 amide bonds. The Hall–Kier alpha value is -1.36. The van der Waals surface area contributed by atoms with Gasteiger partial charge in [0.25, 0.3) is 0 Å². The molecule has 94 valence electrons. The van der Waals surface area contributed by atoms with E-state index in [4.69, 9.17) is 5.73 Å². The van der Waals surface area contributed by atoms with Gasteiger partial charge in [-0.25, -0.2) is 8.78 Å². The van der Waals surface area contributed by atoms with Crippen LogP contribution in [0.25, 0.3) is 0 Å². The Kier molecular flexibility index (Phi) is 3.47. The second-order valence-corrected chi connectivity index (χ2v) is 4.50. The van der Waals surface area contributed by atoms with Gasteiger partial charge in [0.05, 0.1) is 0 Å². The second kappa shape index (κ2) is 4.87. The van der Waals surface area contributed by atoms with E-state index in [0.717, 1.165) is 18.7 Å². The third-order valence-corrected chi connectivity index (χ3v) is 3.00. The maximum atomic E-state index is 13.4. The molecule has 0 saturated heterocycles. The van der Waals surface area contributed by atoms with Crippen molar-refractivity contribution in [3.05, 3.63) is 23.8 Å². The maximum absolute atomic E-state index is 13.4. The molecular formula is C12H17F2N3. The minimum atomic E-state index is -0.642. The fraction of sp³-hybridized carbons (Fsp3) is 0.500. The van der Waals surface area contributed by atoms with E-state index in [1.54, 1.807) is 0 Å². The zero-order chi connectivity index (χ0) is 12.4. The number of nitrogens with zero attached hydrogens (tertiary/aromatic N) is 1. The number of hydrogen-bond donors (Lipinski definition) is 2. The van der Waals surface area contributed by atoms with Gasteiger partial charge in [0.1, 0.15) is 5.69 Å². The molecule has 1 aromatic carbocycles. The summed E-state index contributed by atoms with van der Waals surface area (Å²) in [6.07, 6.45) is 2.45. The van der Waals surface area contributed by atoms with Crippen LogP contribution in [0.4, 0.5) is 20.2 Å². The number of hydrogen-bond acceptors (Lipinski definition) is 3. The van der Waals surface area contributed by atoms with Crippen molar-refractivity contribution in [2.45, 2.75) is 18.9 Å². The molecule has 0 aliphatic heterocycles. The van der Waals surface area contributed by atoms with E-state index in [9.17, 15) is 8.78 Å². The number of anilines is 2. The minimum absolute atomic E-state index is 0.0941. The third-order valence-electron chi connectivity index (χ3n) is 3.00. The minimum Gasteiger partial charge on any atom is -0.399 e. The van der Waals surface area contributed by atoms with Crippen LogP contribution >= 0.6 is 0 Å². The number of halogens is 2. The van der Waals surface area contributed by atoms with E-state index in [1.165, 1.54) is 12.8 Å². The highest BCUT2D eigenvalue weighted by Crippen LogP contribution is 2.25. The van der Waals surface area contributed by atoms with Gasteiger partial charge in [-0.1, -0.05) is 0 Å². The first-order valence-electron chi connectivity index (χ1n) is 5.76. The first kappa shape index (κ1) is 12.1. The standard InChI is InChI=1S/C12H17F2N3/c1-17(9-2-3-9)5-4-16-12-10(13)6-8(15)7-11(12)14/h6-7,9,16H,2-5,15H2,1H3. The number of likely N-dealkylation sites (N-methyl/N-ethyl adjacent to an activating group) is 1. The number of nitrogens with one attached hydrogen (secondary N) is 1. The van der Waals surface area contributed by atoms with Gasteiger partial charge >= 0.3 is 0 Å². The monoisotopic (exact) mass is 241 g/mol. The average Bonchev–Trinajstić information content (AvgIpc) is 3.04. The van der Waals surface area contributed by atoms with Crippen molar-refractivity contribution >= 4 is 11.4 Å². The lowest BCUT2D eigenvalue weighted by molar-refractivity contribution is 0.337. The summed E-state index contributed by atoms with van der Waals surface area (Å²) in [5.41, 5.74) is 5.34. The third kappa shape index (κ3) is 3.06. The van der Waals surface area contributed by atoms with Gasteiger partial charge in [0.2, 0.25) is 0 Å². The Labute approximate surface area is 99.6 Å². The molecule has 3 nitrogen and oxygen atoms in total. The lowest BCUT2D eigenvalue weighted by Gasteiger charge is -2.16. The molecule has 0 radical (unpaired) electrons. The topological polar surface area (TPSA) is 41.3 Å². The van der Waals surface area contributed by atoms with E-state index in [1.807, 2.05) is 7.05 Å². The van der Waals surface area contributed by atoms with Crippen molar-refractivity contribution in [3.63, 3.8) is 0 Å². The molecule has 1 aromatic rings. The zero-order valence-corrected chi connectivity index (χ0v) is 9.84. The molecule has 1 saturated carbocycles. The van der Waals surface area contributed by atoms with Crippen molar-refractivity contribution in [1.29, 1.82) is 0 Å². The van der Waals surface area contributed by atoms with E-state index in [0.29, 0.717) is 12.6 Å². The normalized spacial score (nSPS) is 15.3. The van der Waals surface area contributed by atoms with Crippen LogP contribution in [-0.2, 0) is 0 Å². The van der Waals surface area contributed by atoms with Crippen molar-refractivity contribution in [3.8, 4) is 0 Å². The number of nitrogens with two attached hydrogens (primary N) is 1. The summed E-state index contributed by atoms with van der Waals surface area (Å²) < 4.78 is 26.8. The molecule has 1 fully saturated rings. The molecule has 2 rings (SSSR count). The number of rotatable bonds is 5. The van der Waals surface area contributed by atoms with Crippen LogP contribution in [0.5, 0.6) is 0 Å². The van der Waals surface area contributed by atoms with Crippen LogP contribution in [0.15, 0.2) is 12.1 Å². The average molecular weight is 241 g/mol. The highest BCUT2D eigenvalue weighted by molar-refractivity contribution is 5.54. The van der Waals surface area contributed by atoms with Crippen LogP contribution in [-0.4, -0.2) is 31.1 Å². The van der Waals surface area contributed by atoms with Crippen LogP contribution in [0.2, 0.25) is 0 Å². The summed E-state index contributed by atoms with van der Waals surface area (Å²) in [5.74, 6) is -1.28. The molecule has 3 N–H and O–H groups in total. The second-order valence-electron chi connectivity index (χ2n) is 4.50. The smallest absolute Gasteiger partial charge is 0.151 e. The first-order chi connectivity index (χ1) is 8.08. The molecule has 0 bridgehead atoms. The van der Waals surface area contributed by atoms with Crippen LogP contribution in [0.3, 0.4) is 0 Å². The van der Waals surface area contributed by atoms with Gasteiger partial charge in [-0.05, 0) is 32.0 Å². The molecule has 0 spiro atoms. The van der Waals surface area contributed by atoms with Gasteiger partial charge < -0.3 is 16.0 Å². The predicted molar refractivity (Wildman–Crippen MR) is 64.9 cm³/mol. The van der Waals surface area contributed by atoms with Gasteiger partial charge in [0, 0.05) is 24.8 Å². The highest BCUT2D eigenvalue weighted by atomic mass is 19.1. The van der Waals surface area contributed by atoms with Crippen molar-refractivity contribution < 1.29 is 8.78 Å². The molecule has 5 heteroatoms. The molecule has 17 heavy (non-hydrogen) atoms. The fourth-order valence-electron chi connectivity index (χ4n) is 1.82. The first-order valence-corrected chi connectivity index (χ1v) is 5.76. The Bertz CT molecular complexity index is 382. The van der Waals surface area contributed by atoms with Crippen LogP contribution in [0.1, 0.15) is 12.8 Å². The summed E-state index contributed by atoms with van der Waals surface area (Å²) >= 11 is 0. The summed E-state index contributed by atoms with van der Waals surface area (Å²) in [6.45, 7) is 1.29. The van der Waals surface area contributed by atoms with Gasteiger partial charge in [-0.15, -0.1) is 0 Å². The predicted octanol–water partition coefficient (Wildman–Crippen LogP) is 2.05. The molecule has 0 heterocycles. The van der Waals surface area contributed by atoms with Crippen molar-refractivity contribution in [2.24, 2.45) is 0 Å². The largest absolute Gasteiger partial charge is 0.399 e. The maximum Gasteiger partial charge on any atom is 0.151 e. The Morgan fingerprint density at radius 3 is 2.47 bits per heavy atom. The quantitative estimate of drug-likeness (QED) is 0.775. The Balaban J connectivity index is 1.89. The summed E-state index contributed by atoms with van der Waals surface area (Å²) in [4.78, 5) is 2.19. The van der Waals surface area contributed by atoms with Gasteiger partial charge in [0.15, 0.2) is 11.6 Å². The summed E-state index contributed by atoms with van der Waals surface area (Å²) in [6, 6.07) is 2.89. The van der Waals surface area contributed by atoms with E-state index in [2.05, 4.69) is 10.2 Å². The number of benzene rings is 1. The van der Waals surface area contributed by atoms with E-state index >= 15 is 0 Å². The van der Waals surface area contributed by atoms with Crippen molar-refractivity contribution in [2.75, 3.05) is 31.2 Å². The molecule has 0 atom stereocenters. The van der Waals surface area contributed by atoms with E-state index < -0.39 is 11.6 Å². The van der Waals surface area contributed by atoms with Crippen LogP contribution < -0.4 is 11.1 Å². The van der Waals surface area contributed by atoms with Gasteiger partial charge in [-0.3, -0.25) is 0 Å². The fourth-order valence-corrected chi connectivity index (χ4v) is 1.82. The lowest BCUT2D eigenvalue weighted by Crippen LogP contribution is -2.27. The lowest BCUT2D eigenvalue weighted by atomic mass is 10.2. The van der Waals surface area contributed by atoms with Crippen LogP contribution in [0, 0.1) is 11.6 Å². The van der Waals surface area contributed by atoms with Gasteiger partial charge in [-0.2, -0.15) is 0 Å². The molecule has 0 unspecified atom stereocenters. The zero-order valence-electron chi connectivity index (χ0n) is 9.84. The summed E-state index contributed by atoms with van der Waals surface area (Å²) in [5, 5.41) is 2.77. The molecule has 1 aliphatic carbocycles. The molecule has 1 aliphatic rings. The Morgan fingerprint density at radius 1 is 1.35 bits per heavy atom. The molecular weight excluding hydrogens is 224 g/mol. The SMILES string of the molecule is CN(CCNc1c(F)cc(N)cc1F)C1CC1. The highest BCUT2D eigenvalue weighted by Gasteiger charge is 2.25. The Morgan fingerprint density at radius 2 is 1.94 bits per heavy atom.